The highest BCUT2D eigenvalue weighted by atomic mass is 16.4. The van der Waals surface area contributed by atoms with E-state index in [4.69, 9.17) is 4.42 Å². The number of carbonyl (C=O) groups is 2. The first-order valence-electron chi connectivity index (χ1n) is 9.02. The predicted molar refractivity (Wildman–Crippen MR) is 99.0 cm³/mol. The highest BCUT2D eigenvalue weighted by Crippen LogP contribution is 2.29. The van der Waals surface area contributed by atoms with Gasteiger partial charge in [-0.15, -0.1) is 0 Å². The molecule has 0 aliphatic carbocycles. The molecule has 3 aromatic rings. The summed E-state index contributed by atoms with van der Waals surface area (Å²) in [6.45, 7) is 4.85. The molecule has 0 unspecified atom stereocenters. The van der Waals surface area contributed by atoms with Gasteiger partial charge in [-0.3, -0.25) is 9.48 Å². The molecule has 3 heterocycles. The van der Waals surface area contributed by atoms with Crippen LogP contribution in [-0.2, 0) is 0 Å². The number of aromatic nitrogens is 2. The van der Waals surface area contributed by atoms with Gasteiger partial charge in [0.15, 0.2) is 5.76 Å². The van der Waals surface area contributed by atoms with Gasteiger partial charge in [-0.1, -0.05) is 18.2 Å². The molecule has 4 rings (SSSR count). The van der Waals surface area contributed by atoms with E-state index < -0.39 is 5.97 Å². The van der Waals surface area contributed by atoms with E-state index >= 15 is 0 Å². The Morgan fingerprint density at radius 2 is 1.89 bits per heavy atom. The second-order valence-electron chi connectivity index (χ2n) is 6.97. The summed E-state index contributed by atoms with van der Waals surface area (Å²) in [5, 5.41) is 14.4. The van der Waals surface area contributed by atoms with Crippen molar-refractivity contribution in [3.05, 3.63) is 53.0 Å². The summed E-state index contributed by atoms with van der Waals surface area (Å²) in [6.07, 6.45) is 2.85. The number of likely N-dealkylation sites (tertiary alicyclic amines) is 1. The lowest BCUT2D eigenvalue weighted by Gasteiger charge is -2.32. The van der Waals surface area contributed by atoms with Gasteiger partial charge in [0.1, 0.15) is 11.1 Å². The quantitative estimate of drug-likeness (QED) is 0.766. The van der Waals surface area contributed by atoms with E-state index in [-0.39, 0.29) is 17.5 Å². The van der Waals surface area contributed by atoms with Crippen LogP contribution in [0.4, 0.5) is 0 Å². The normalized spacial score (nSPS) is 15.4. The Kier molecular flexibility index (Phi) is 4.22. The number of nitrogens with zero attached hydrogens (tertiary/aromatic N) is 3. The van der Waals surface area contributed by atoms with E-state index in [2.05, 4.69) is 5.10 Å². The number of para-hydroxylation sites is 1. The first kappa shape index (κ1) is 17.3. The molecular formula is C20H21N3O4. The fourth-order valence-electron chi connectivity index (χ4n) is 3.84. The summed E-state index contributed by atoms with van der Waals surface area (Å²) in [4.78, 5) is 25.9. The van der Waals surface area contributed by atoms with Gasteiger partial charge in [0.25, 0.3) is 5.91 Å². The fourth-order valence-corrected chi connectivity index (χ4v) is 3.84. The van der Waals surface area contributed by atoms with Gasteiger partial charge in [-0.2, -0.15) is 5.10 Å². The molecule has 0 atom stereocenters. The number of benzene rings is 1. The minimum atomic E-state index is -0.966. The molecule has 1 aliphatic heterocycles. The van der Waals surface area contributed by atoms with E-state index in [1.165, 1.54) is 6.20 Å². The Hall–Kier alpha value is -3.09. The maximum atomic E-state index is 12.9. The van der Waals surface area contributed by atoms with Gasteiger partial charge in [-0.05, 0) is 32.8 Å². The van der Waals surface area contributed by atoms with Crippen LogP contribution in [0.5, 0.6) is 0 Å². The van der Waals surface area contributed by atoms with Crippen molar-refractivity contribution < 1.29 is 19.1 Å². The third-order valence-corrected chi connectivity index (χ3v) is 5.41. The summed E-state index contributed by atoms with van der Waals surface area (Å²) in [5.74, 6) is -0.657. The number of carbonyl (C=O) groups excluding carboxylic acids is 1. The molecule has 0 bridgehead atoms. The molecule has 1 saturated heterocycles. The molecule has 1 aromatic carbocycles. The van der Waals surface area contributed by atoms with Gasteiger partial charge in [0.05, 0.1) is 17.9 Å². The van der Waals surface area contributed by atoms with Crippen LogP contribution in [0.15, 0.2) is 34.9 Å². The second kappa shape index (κ2) is 6.57. The number of hydrogen-bond donors (Lipinski definition) is 1. The highest BCUT2D eigenvalue weighted by molar-refractivity contribution is 5.99. The first-order valence-corrected chi connectivity index (χ1v) is 9.02. The maximum Gasteiger partial charge on any atom is 0.339 e. The first-order chi connectivity index (χ1) is 13.0. The lowest BCUT2D eigenvalue weighted by molar-refractivity contribution is 0.0658. The Labute approximate surface area is 156 Å². The number of hydrogen-bond acceptors (Lipinski definition) is 4. The van der Waals surface area contributed by atoms with Gasteiger partial charge in [-0.25, -0.2) is 4.79 Å². The van der Waals surface area contributed by atoms with Crippen LogP contribution in [0.25, 0.3) is 11.0 Å². The lowest BCUT2D eigenvalue weighted by Crippen LogP contribution is -2.39. The molecule has 2 aromatic heterocycles. The number of aromatic carboxylic acids is 1. The Morgan fingerprint density at radius 3 is 2.52 bits per heavy atom. The zero-order chi connectivity index (χ0) is 19.1. The van der Waals surface area contributed by atoms with Gasteiger partial charge in [0, 0.05) is 24.0 Å². The van der Waals surface area contributed by atoms with Crippen LogP contribution in [0.3, 0.4) is 0 Å². The monoisotopic (exact) mass is 367 g/mol. The zero-order valence-corrected chi connectivity index (χ0v) is 15.3. The minimum Gasteiger partial charge on any atom is -0.478 e. The van der Waals surface area contributed by atoms with Crippen molar-refractivity contribution in [1.29, 1.82) is 0 Å². The molecule has 1 N–H and O–H groups in total. The number of fused-ring (bicyclic) bond motifs is 1. The Morgan fingerprint density at radius 1 is 1.19 bits per heavy atom. The third-order valence-electron chi connectivity index (χ3n) is 5.41. The van der Waals surface area contributed by atoms with E-state index in [9.17, 15) is 14.7 Å². The average molecular weight is 367 g/mol. The number of aryl methyl sites for hydroxylation is 1. The van der Waals surface area contributed by atoms with Crippen molar-refractivity contribution in [2.45, 2.75) is 32.7 Å². The zero-order valence-electron chi connectivity index (χ0n) is 15.3. The molecule has 27 heavy (non-hydrogen) atoms. The summed E-state index contributed by atoms with van der Waals surface area (Å²) in [7, 11) is 0. The van der Waals surface area contributed by atoms with Gasteiger partial charge in [0.2, 0.25) is 0 Å². The molecule has 7 nitrogen and oxygen atoms in total. The maximum absolute atomic E-state index is 12.9. The Balaban J connectivity index is 1.49. The van der Waals surface area contributed by atoms with Crippen molar-refractivity contribution in [2.75, 3.05) is 13.1 Å². The van der Waals surface area contributed by atoms with E-state index in [1.54, 1.807) is 16.5 Å². The molecular weight excluding hydrogens is 346 g/mol. The molecule has 0 spiro atoms. The lowest BCUT2D eigenvalue weighted by atomic mass is 10.0. The number of amides is 1. The van der Waals surface area contributed by atoms with Crippen molar-refractivity contribution in [3.63, 3.8) is 0 Å². The number of furan rings is 1. The van der Waals surface area contributed by atoms with Crippen molar-refractivity contribution >= 4 is 22.8 Å². The summed E-state index contributed by atoms with van der Waals surface area (Å²) in [5.41, 5.74) is 2.47. The summed E-state index contributed by atoms with van der Waals surface area (Å²) >= 11 is 0. The highest BCUT2D eigenvalue weighted by Gasteiger charge is 2.29. The topological polar surface area (TPSA) is 88.6 Å². The molecule has 0 saturated carbocycles. The van der Waals surface area contributed by atoms with Crippen LogP contribution in [0, 0.1) is 13.8 Å². The fraction of sp³-hybridized carbons (Fsp3) is 0.350. The Bertz CT molecular complexity index is 1030. The minimum absolute atomic E-state index is 0.0921. The number of carboxylic acids is 1. The molecule has 1 amide bonds. The van der Waals surface area contributed by atoms with E-state index in [0.717, 1.165) is 29.4 Å². The van der Waals surface area contributed by atoms with Crippen molar-refractivity contribution in [2.24, 2.45) is 0 Å². The molecule has 7 heteroatoms. The third kappa shape index (κ3) is 2.89. The van der Waals surface area contributed by atoms with Crippen LogP contribution < -0.4 is 0 Å². The molecule has 1 aliphatic rings. The molecule has 140 valence electrons. The van der Waals surface area contributed by atoms with Crippen LogP contribution >= 0.6 is 0 Å². The molecule has 0 radical (unpaired) electrons. The van der Waals surface area contributed by atoms with Crippen molar-refractivity contribution in [1.82, 2.24) is 14.7 Å². The van der Waals surface area contributed by atoms with E-state index in [1.807, 2.05) is 31.2 Å². The predicted octanol–water partition coefficient (Wildman–Crippen LogP) is 3.42. The van der Waals surface area contributed by atoms with Gasteiger partial charge < -0.3 is 14.4 Å². The smallest absolute Gasteiger partial charge is 0.339 e. The van der Waals surface area contributed by atoms with Crippen LogP contribution in [-0.4, -0.2) is 44.8 Å². The number of carboxylic acid groups (broad SMARTS) is 1. The summed E-state index contributed by atoms with van der Waals surface area (Å²) < 4.78 is 7.58. The average Bonchev–Trinajstić information content (AvgIpc) is 3.22. The largest absolute Gasteiger partial charge is 0.478 e. The SMILES string of the molecule is Cc1c(C(=O)N2CCC(n3ncc(C(=O)O)c3C)CC2)oc2ccccc12. The van der Waals surface area contributed by atoms with Gasteiger partial charge >= 0.3 is 5.97 Å². The standard InChI is InChI=1S/C20H21N3O4/c1-12-15-5-3-4-6-17(15)27-18(12)19(24)22-9-7-14(8-10-22)23-13(2)16(11-21-23)20(25)26/h3-6,11,14H,7-10H2,1-2H3,(H,25,26). The second-order valence-corrected chi connectivity index (χ2v) is 6.97. The summed E-state index contributed by atoms with van der Waals surface area (Å²) in [6, 6.07) is 7.74. The van der Waals surface area contributed by atoms with E-state index in [0.29, 0.717) is 24.5 Å². The van der Waals surface area contributed by atoms with Crippen LogP contribution in [0.1, 0.15) is 51.1 Å². The van der Waals surface area contributed by atoms with Crippen molar-refractivity contribution in [3.8, 4) is 0 Å². The number of piperidine rings is 1. The number of rotatable bonds is 3. The van der Waals surface area contributed by atoms with Crippen LogP contribution in [0.2, 0.25) is 0 Å². The molecule has 1 fully saturated rings.